The van der Waals surface area contributed by atoms with Crippen LogP contribution in [0.15, 0.2) is 47.4 Å². The number of rotatable bonds is 7. The van der Waals surface area contributed by atoms with Crippen molar-refractivity contribution in [3.05, 3.63) is 53.8 Å². The van der Waals surface area contributed by atoms with E-state index in [9.17, 15) is 9.18 Å². The predicted molar refractivity (Wildman–Crippen MR) is 100 cm³/mol. The summed E-state index contributed by atoms with van der Waals surface area (Å²) >= 11 is 1.37. The molecule has 6 heteroatoms. The molecule has 1 aliphatic heterocycles. The van der Waals surface area contributed by atoms with Crippen molar-refractivity contribution in [1.29, 1.82) is 0 Å². The number of halogens is 1. The summed E-state index contributed by atoms with van der Waals surface area (Å²) in [6, 6.07) is 12.0. The van der Waals surface area contributed by atoms with Gasteiger partial charge in [0.1, 0.15) is 18.0 Å². The zero-order valence-corrected chi connectivity index (χ0v) is 15.7. The Balaban J connectivity index is 1.40. The Labute approximate surface area is 157 Å². The molecule has 0 saturated carbocycles. The molecule has 0 radical (unpaired) electrons. The molecule has 0 aromatic heterocycles. The number of hydrogen-bond acceptors (Lipinski definition) is 4. The number of hydrogen-bond donors (Lipinski definition) is 1. The normalized spacial score (nSPS) is 14.4. The molecule has 0 unspecified atom stereocenters. The summed E-state index contributed by atoms with van der Waals surface area (Å²) in [6.07, 6.45) is 0.858. The van der Waals surface area contributed by atoms with Crippen LogP contribution in [0.2, 0.25) is 0 Å². The van der Waals surface area contributed by atoms with Crippen molar-refractivity contribution >= 4 is 17.7 Å². The van der Waals surface area contributed by atoms with Gasteiger partial charge in [0.25, 0.3) is 0 Å². The van der Waals surface area contributed by atoms with E-state index in [-0.39, 0.29) is 23.1 Å². The molecule has 3 rings (SSSR count). The number of para-hydroxylation sites is 1. The monoisotopic (exact) mass is 375 g/mol. The van der Waals surface area contributed by atoms with E-state index in [1.807, 2.05) is 18.2 Å². The van der Waals surface area contributed by atoms with E-state index in [2.05, 4.69) is 19.2 Å². The van der Waals surface area contributed by atoms with Crippen molar-refractivity contribution in [2.24, 2.45) is 0 Å². The summed E-state index contributed by atoms with van der Waals surface area (Å²) < 4.78 is 24.6. The second-order valence-corrected chi connectivity index (χ2v) is 7.77. The molecule has 4 nitrogen and oxygen atoms in total. The van der Waals surface area contributed by atoms with Gasteiger partial charge in [-0.1, -0.05) is 12.1 Å². The van der Waals surface area contributed by atoms with Crippen LogP contribution in [-0.2, 0) is 11.2 Å². The highest BCUT2D eigenvalue weighted by Crippen LogP contribution is 2.41. The fourth-order valence-electron chi connectivity index (χ4n) is 2.78. The van der Waals surface area contributed by atoms with E-state index < -0.39 is 0 Å². The van der Waals surface area contributed by atoms with Crippen LogP contribution < -0.4 is 14.8 Å². The van der Waals surface area contributed by atoms with Crippen LogP contribution in [-0.4, -0.2) is 30.4 Å². The largest absolute Gasteiger partial charge is 0.488 e. The van der Waals surface area contributed by atoms with Crippen molar-refractivity contribution in [3.63, 3.8) is 0 Å². The van der Waals surface area contributed by atoms with E-state index in [1.54, 1.807) is 12.1 Å². The fourth-order valence-corrected chi connectivity index (χ4v) is 3.51. The highest BCUT2D eigenvalue weighted by atomic mass is 32.2. The molecule has 0 bridgehead atoms. The van der Waals surface area contributed by atoms with Gasteiger partial charge in [-0.3, -0.25) is 4.79 Å². The third-order valence-electron chi connectivity index (χ3n) is 3.92. The number of ether oxygens (including phenoxy) is 2. The lowest BCUT2D eigenvalue weighted by molar-refractivity contribution is -0.118. The number of fused-ring (bicyclic) bond motifs is 1. The van der Waals surface area contributed by atoms with Gasteiger partial charge < -0.3 is 14.8 Å². The standard InChI is InChI=1S/C20H22FNO3S/c1-20(2)12-14-4-3-5-17(19(14)25-20)24-11-10-22-18(23)13-26-16-8-6-15(21)7-9-16/h3-9H,10-13H2,1-2H3,(H,22,23). The number of carbonyl (C=O) groups is 1. The Bertz CT molecular complexity index is 777. The minimum Gasteiger partial charge on any atom is -0.488 e. The van der Waals surface area contributed by atoms with Crippen molar-refractivity contribution in [2.75, 3.05) is 18.9 Å². The van der Waals surface area contributed by atoms with Crippen LogP contribution in [0.5, 0.6) is 11.5 Å². The quantitative estimate of drug-likeness (QED) is 0.590. The lowest BCUT2D eigenvalue weighted by Gasteiger charge is -2.18. The number of thioether (sulfide) groups is 1. The molecule has 0 saturated heterocycles. The minimum atomic E-state index is -0.282. The minimum absolute atomic E-state index is 0.0846. The van der Waals surface area contributed by atoms with Crippen molar-refractivity contribution < 1.29 is 18.7 Å². The van der Waals surface area contributed by atoms with Crippen molar-refractivity contribution in [2.45, 2.75) is 30.8 Å². The molecule has 2 aromatic carbocycles. The van der Waals surface area contributed by atoms with Gasteiger partial charge in [-0.15, -0.1) is 11.8 Å². The average Bonchev–Trinajstić information content (AvgIpc) is 2.93. The smallest absolute Gasteiger partial charge is 0.230 e. The molecule has 0 atom stereocenters. The first-order chi connectivity index (χ1) is 12.4. The van der Waals surface area contributed by atoms with Gasteiger partial charge in [-0.2, -0.15) is 0 Å². The van der Waals surface area contributed by atoms with Gasteiger partial charge in [-0.05, 0) is 44.2 Å². The molecule has 1 aliphatic rings. The van der Waals surface area contributed by atoms with E-state index in [4.69, 9.17) is 9.47 Å². The molecule has 138 valence electrons. The molecular weight excluding hydrogens is 353 g/mol. The van der Waals surface area contributed by atoms with Gasteiger partial charge >= 0.3 is 0 Å². The summed E-state index contributed by atoms with van der Waals surface area (Å²) in [5, 5.41) is 2.82. The van der Waals surface area contributed by atoms with Crippen LogP contribution in [0.25, 0.3) is 0 Å². The van der Waals surface area contributed by atoms with Gasteiger partial charge in [-0.25, -0.2) is 4.39 Å². The van der Waals surface area contributed by atoms with Crippen LogP contribution in [0.3, 0.4) is 0 Å². The zero-order chi connectivity index (χ0) is 18.6. The summed E-state index contributed by atoms with van der Waals surface area (Å²) in [5.74, 6) is 1.43. The number of amides is 1. The number of benzene rings is 2. The summed E-state index contributed by atoms with van der Waals surface area (Å²) in [6.45, 7) is 4.88. The van der Waals surface area contributed by atoms with Gasteiger partial charge in [0.05, 0.1) is 12.3 Å². The molecule has 26 heavy (non-hydrogen) atoms. The van der Waals surface area contributed by atoms with Crippen molar-refractivity contribution in [1.82, 2.24) is 5.32 Å². The Kier molecular flexibility index (Phi) is 5.71. The van der Waals surface area contributed by atoms with Gasteiger partial charge in [0, 0.05) is 16.9 Å². The summed E-state index contributed by atoms with van der Waals surface area (Å²) in [4.78, 5) is 12.7. The first-order valence-electron chi connectivity index (χ1n) is 8.52. The number of carbonyl (C=O) groups excluding carboxylic acids is 1. The molecule has 0 aliphatic carbocycles. The Morgan fingerprint density at radius 3 is 2.81 bits per heavy atom. The van der Waals surface area contributed by atoms with Crippen LogP contribution in [0.4, 0.5) is 4.39 Å². The zero-order valence-electron chi connectivity index (χ0n) is 14.9. The second-order valence-electron chi connectivity index (χ2n) is 6.72. The summed E-state index contributed by atoms with van der Waals surface area (Å²) in [7, 11) is 0. The lowest BCUT2D eigenvalue weighted by atomic mass is 10.0. The molecule has 1 amide bonds. The van der Waals surface area contributed by atoms with Gasteiger partial charge in [0.15, 0.2) is 11.5 Å². The first kappa shape index (κ1) is 18.6. The van der Waals surface area contributed by atoms with Crippen LogP contribution >= 0.6 is 11.8 Å². The van der Waals surface area contributed by atoms with Gasteiger partial charge in [0.2, 0.25) is 5.91 Å². The van der Waals surface area contributed by atoms with E-state index in [0.29, 0.717) is 18.9 Å². The van der Waals surface area contributed by atoms with E-state index in [1.165, 1.54) is 23.9 Å². The Morgan fingerprint density at radius 2 is 2.04 bits per heavy atom. The van der Waals surface area contributed by atoms with Crippen LogP contribution in [0.1, 0.15) is 19.4 Å². The Morgan fingerprint density at radius 1 is 1.27 bits per heavy atom. The third kappa shape index (κ3) is 4.91. The van der Waals surface area contributed by atoms with E-state index in [0.717, 1.165) is 22.6 Å². The van der Waals surface area contributed by atoms with Crippen molar-refractivity contribution in [3.8, 4) is 11.5 Å². The Hall–Kier alpha value is -2.21. The SMILES string of the molecule is CC1(C)Cc2cccc(OCCNC(=O)CSc3ccc(F)cc3)c2O1. The maximum Gasteiger partial charge on any atom is 0.230 e. The number of nitrogens with one attached hydrogen (secondary N) is 1. The first-order valence-corrected chi connectivity index (χ1v) is 9.50. The molecule has 0 spiro atoms. The average molecular weight is 375 g/mol. The summed E-state index contributed by atoms with van der Waals surface area (Å²) in [5.41, 5.74) is 0.931. The topological polar surface area (TPSA) is 47.6 Å². The van der Waals surface area contributed by atoms with Crippen LogP contribution in [0, 0.1) is 5.82 Å². The molecule has 2 aromatic rings. The molecule has 1 heterocycles. The molecule has 0 fully saturated rings. The lowest BCUT2D eigenvalue weighted by Crippen LogP contribution is -2.29. The maximum atomic E-state index is 12.8. The molecule has 1 N–H and O–H groups in total. The predicted octanol–water partition coefficient (Wildman–Crippen LogP) is 3.83. The van der Waals surface area contributed by atoms with E-state index >= 15 is 0 Å². The highest BCUT2D eigenvalue weighted by Gasteiger charge is 2.32. The maximum absolute atomic E-state index is 12.8. The highest BCUT2D eigenvalue weighted by molar-refractivity contribution is 8.00. The molecular formula is C20H22FNO3S. The fraction of sp³-hybridized carbons (Fsp3) is 0.350. The second kappa shape index (κ2) is 7.99. The third-order valence-corrected chi connectivity index (χ3v) is 4.93.